The third-order valence-corrected chi connectivity index (χ3v) is 4.56. The molecule has 0 aromatic rings. The van der Waals surface area contributed by atoms with Gasteiger partial charge in [-0.25, -0.2) is 18.4 Å². The zero-order valence-corrected chi connectivity index (χ0v) is 13.0. The number of urea groups is 1. The van der Waals surface area contributed by atoms with Crippen LogP contribution in [0.25, 0.3) is 0 Å². The van der Waals surface area contributed by atoms with Crippen molar-refractivity contribution in [2.45, 2.75) is 32.6 Å². The van der Waals surface area contributed by atoms with E-state index in [1.54, 1.807) is 0 Å². The number of sulfonamides is 1. The van der Waals surface area contributed by atoms with E-state index >= 15 is 0 Å². The smallest absolute Gasteiger partial charge is 0.317 e. The zero-order chi connectivity index (χ0) is 16.1. The molecule has 9 heteroatoms. The molecule has 1 aliphatic heterocycles. The van der Waals surface area contributed by atoms with Crippen LogP contribution in [0.1, 0.15) is 32.6 Å². The van der Waals surface area contributed by atoms with Gasteiger partial charge in [0.05, 0.1) is 11.2 Å². The fraction of sp³-hybridized carbons (Fsp3) is 0.833. The maximum atomic E-state index is 11.9. The third-order valence-electron chi connectivity index (χ3n) is 3.71. The van der Waals surface area contributed by atoms with Crippen LogP contribution in [-0.2, 0) is 14.8 Å². The second kappa shape index (κ2) is 7.08. The van der Waals surface area contributed by atoms with Gasteiger partial charge >= 0.3 is 12.0 Å². The van der Waals surface area contributed by atoms with Gasteiger partial charge in [0.15, 0.2) is 0 Å². The number of nitrogens with zero attached hydrogens (tertiary/aromatic N) is 1. The number of aliphatic carboxylic acids is 1. The van der Waals surface area contributed by atoms with Crippen molar-refractivity contribution in [3.63, 3.8) is 0 Å². The molecule has 1 atom stereocenters. The number of amides is 2. The first-order valence-electron chi connectivity index (χ1n) is 6.97. The zero-order valence-electron chi connectivity index (χ0n) is 12.2. The molecular formula is C12H23N3O5S. The number of hydrogen-bond acceptors (Lipinski definition) is 4. The van der Waals surface area contributed by atoms with Crippen LogP contribution in [0.5, 0.6) is 0 Å². The lowest BCUT2D eigenvalue weighted by Gasteiger charge is -2.24. The van der Waals surface area contributed by atoms with E-state index in [0.717, 1.165) is 6.42 Å². The van der Waals surface area contributed by atoms with Gasteiger partial charge in [-0.2, -0.15) is 0 Å². The molecule has 1 fully saturated rings. The molecule has 2 amide bonds. The minimum atomic E-state index is -3.52. The molecular weight excluding hydrogens is 298 g/mol. The quantitative estimate of drug-likeness (QED) is 0.566. The van der Waals surface area contributed by atoms with E-state index in [4.69, 9.17) is 5.14 Å². The summed E-state index contributed by atoms with van der Waals surface area (Å²) in [7, 11) is -3.52. The van der Waals surface area contributed by atoms with Crippen molar-refractivity contribution in [2.24, 2.45) is 10.6 Å². The molecule has 0 spiro atoms. The molecule has 0 aromatic heterocycles. The van der Waals surface area contributed by atoms with Crippen molar-refractivity contribution < 1.29 is 23.1 Å². The topological polar surface area (TPSA) is 130 Å². The molecule has 0 saturated carbocycles. The highest BCUT2D eigenvalue weighted by Crippen LogP contribution is 2.35. The number of likely N-dealkylation sites (tertiary alicyclic amines) is 1. The van der Waals surface area contributed by atoms with E-state index in [-0.39, 0.29) is 31.3 Å². The molecule has 122 valence electrons. The highest BCUT2D eigenvalue weighted by atomic mass is 32.2. The Morgan fingerprint density at radius 3 is 2.62 bits per heavy atom. The van der Waals surface area contributed by atoms with Gasteiger partial charge in [-0.1, -0.05) is 13.3 Å². The van der Waals surface area contributed by atoms with E-state index in [1.165, 1.54) is 4.90 Å². The average Bonchev–Trinajstić information content (AvgIpc) is 2.79. The summed E-state index contributed by atoms with van der Waals surface area (Å²) in [5.41, 5.74) is -0.854. The summed E-state index contributed by atoms with van der Waals surface area (Å²) in [6, 6.07) is -0.358. The summed E-state index contributed by atoms with van der Waals surface area (Å²) in [6.45, 7) is 2.70. The Morgan fingerprint density at radius 2 is 2.10 bits per heavy atom. The number of rotatable bonds is 7. The Bertz CT molecular complexity index is 493. The van der Waals surface area contributed by atoms with Crippen molar-refractivity contribution >= 4 is 22.0 Å². The molecule has 0 aliphatic carbocycles. The summed E-state index contributed by atoms with van der Waals surface area (Å²) in [5, 5.41) is 16.8. The van der Waals surface area contributed by atoms with Crippen molar-refractivity contribution in [1.82, 2.24) is 10.2 Å². The number of carbonyl (C=O) groups excluding carboxylic acids is 1. The lowest BCUT2D eigenvalue weighted by atomic mass is 9.83. The molecule has 4 N–H and O–H groups in total. The van der Waals surface area contributed by atoms with E-state index < -0.39 is 21.4 Å². The number of carboxylic acids is 1. The predicted octanol–water partition coefficient (Wildman–Crippen LogP) is -0.0486. The first kappa shape index (κ1) is 17.7. The van der Waals surface area contributed by atoms with Crippen molar-refractivity contribution in [1.29, 1.82) is 0 Å². The molecule has 21 heavy (non-hydrogen) atoms. The van der Waals surface area contributed by atoms with Crippen LogP contribution in [0.2, 0.25) is 0 Å². The van der Waals surface area contributed by atoms with Crippen molar-refractivity contribution in [3.8, 4) is 0 Å². The number of nitrogens with one attached hydrogen (secondary N) is 1. The minimum absolute atomic E-state index is 0.192. The van der Waals surface area contributed by atoms with E-state index in [1.807, 2.05) is 6.92 Å². The molecule has 1 unspecified atom stereocenters. The van der Waals surface area contributed by atoms with E-state index in [2.05, 4.69) is 5.32 Å². The highest BCUT2D eigenvalue weighted by Gasteiger charge is 2.45. The van der Waals surface area contributed by atoms with Crippen LogP contribution in [0.4, 0.5) is 4.79 Å². The Hall–Kier alpha value is -1.35. The van der Waals surface area contributed by atoms with Crippen LogP contribution in [-0.4, -0.2) is 55.8 Å². The van der Waals surface area contributed by atoms with Gasteiger partial charge in [0.25, 0.3) is 0 Å². The van der Waals surface area contributed by atoms with Gasteiger partial charge in [-0.3, -0.25) is 4.79 Å². The Kier molecular flexibility index (Phi) is 5.97. The SMILES string of the molecule is CCCC1(C(=O)O)CCN(C(=O)NCCCS(N)(=O)=O)C1. The molecule has 0 bridgehead atoms. The molecule has 8 nitrogen and oxygen atoms in total. The Balaban J connectivity index is 2.45. The van der Waals surface area contributed by atoms with Gasteiger partial charge in [0.1, 0.15) is 0 Å². The van der Waals surface area contributed by atoms with Crippen LogP contribution in [0.3, 0.4) is 0 Å². The van der Waals surface area contributed by atoms with E-state index in [9.17, 15) is 23.1 Å². The third kappa shape index (κ3) is 5.16. The first-order valence-corrected chi connectivity index (χ1v) is 8.68. The largest absolute Gasteiger partial charge is 0.481 e. The monoisotopic (exact) mass is 321 g/mol. The fourth-order valence-corrected chi connectivity index (χ4v) is 3.14. The van der Waals surface area contributed by atoms with Gasteiger partial charge < -0.3 is 15.3 Å². The van der Waals surface area contributed by atoms with Crippen LogP contribution < -0.4 is 10.5 Å². The molecule has 1 rings (SSSR count). The normalized spacial score (nSPS) is 22.3. The Labute approximate surface area is 124 Å². The van der Waals surface area contributed by atoms with Crippen molar-refractivity contribution in [2.75, 3.05) is 25.4 Å². The predicted molar refractivity (Wildman–Crippen MR) is 77.2 cm³/mol. The molecule has 1 heterocycles. The number of primary sulfonamides is 1. The Morgan fingerprint density at radius 1 is 1.43 bits per heavy atom. The fourth-order valence-electron chi connectivity index (χ4n) is 2.59. The van der Waals surface area contributed by atoms with Gasteiger partial charge in [0, 0.05) is 19.6 Å². The molecule has 0 radical (unpaired) electrons. The standard InChI is InChI=1S/C12H23N3O5S/c1-2-4-12(10(16)17)5-7-15(9-12)11(18)14-6-3-8-21(13,19)20/h2-9H2,1H3,(H,14,18)(H,16,17)(H2,13,19,20). The first-order chi connectivity index (χ1) is 9.70. The summed E-state index contributed by atoms with van der Waals surface area (Å²) in [4.78, 5) is 24.8. The van der Waals surface area contributed by atoms with Gasteiger partial charge in [0.2, 0.25) is 10.0 Å². The molecule has 1 aliphatic rings. The minimum Gasteiger partial charge on any atom is -0.481 e. The summed E-state index contributed by atoms with van der Waals surface area (Å²) >= 11 is 0. The van der Waals surface area contributed by atoms with E-state index in [0.29, 0.717) is 19.4 Å². The van der Waals surface area contributed by atoms with Crippen molar-refractivity contribution in [3.05, 3.63) is 0 Å². The highest BCUT2D eigenvalue weighted by molar-refractivity contribution is 7.89. The van der Waals surface area contributed by atoms with Crippen LogP contribution >= 0.6 is 0 Å². The number of hydrogen-bond donors (Lipinski definition) is 3. The number of nitrogens with two attached hydrogens (primary N) is 1. The lowest BCUT2D eigenvalue weighted by molar-refractivity contribution is -0.148. The van der Waals surface area contributed by atoms with Gasteiger partial charge in [-0.15, -0.1) is 0 Å². The molecule has 1 saturated heterocycles. The number of carbonyl (C=O) groups is 2. The second-order valence-electron chi connectivity index (χ2n) is 5.46. The second-order valence-corrected chi connectivity index (χ2v) is 7.19. The maximum Gasteiger partial charge on any atom is 0.317 e. The average molecular weight is 321 g/mol. The maximum absolute atomic E-state index is 11.9. The molecule has 0 aromatic carbocycles. The van der Waals surface area contributed by atoms with Crippen LogP contribution in [0.15, 0.2) is 0 Å². The lowest BCUT2D eigenvalue weighted by Crippen LogP contribution is -2.42. The summed E-state index contributed by atoms with van der Waals surface area (Å²) < 4.78 is 21.5. The summed E-state index contributed by atoms with van der Waals surface area (Å²) in [6.07, 6.45) is 1.96. The number of carboxylic acid groups (broad SMARTS) is 1. The van der Waals surface area contributed by atoms with Crippen LogP contribution in [0, 0.1) is 5.41 Å². The van der Waals surface area contributed by atoms with Gasteiger partial charge in [-0.05, 0) is 19.3 Å². The summed E-state index contributed by atoms with van der Waals surface area (Å²) in [5.74, 6) is -1.06.